The van der Waals surface area contributed by atoms with Crippen molar-refractivity contribution in [3.63, 3.8) is 0 Å². The third-order valence-electron chi connectivity index (χ3n) is 3.04. The second-order valence-electron chi connectivity index (χ2n) is 5.21. The molecular formula is C14H20N2S2. The zero-order chi connectivity index (χ0) is 13.2. The number of nitrogens with zero attached hydrogens (tertiary/aromatic N) is 1. The molecule has 0 fully saturated rings. The van der Waals surface area contributed by atoms with Crippen LogP contribution in [0.1, 0.15) is 34.3 Å². The molecule has 2 nitrogen and oxygen atoms in total. The van der Waals surface area contributed by atoms with E-state index in [0.29, 0.717) is 0 Å². The molecule has 0 atom stereocenters. The summed E-state index contributed by atoms with van der Waals surface area (Å²) in [7, 11) is 0. The van der Waals surface area contributed by atoms with Crippen LogP contribution in [0, 0.1) is 13.8 Å². The van der Waals surface area contributed by atoms with Crippen LogP contribution in [0.2, 0.25) is 0 Å². The third-order valence-corrected chi connectivity index (χ3v) is 5.35. The van der Waals surface area contributed by atoms with Crippen molar-refractivity contribution in [2.45, 2.75) is 39.7 Å². The lowest BCUT2D eigenvalue weighted by molar-refractivity contribution is 0.477. The number of aryl methyl sites for hydroxylation is 2. The van der Waals surface area contributed by atoms with E-state index in [1.54, 1.807) is 11.3 Å². The Hall–Kier alpha value is -0.710. The molecule has 0 spiro atoms. The molecular weight excluding hydrogens is 260 g/mol. The number of thiophene rings is 1. The van der Waals surface area contributed by atoms with Gasteiger partial charge in [-0.2, -0.15) is 0 Å². The standard InChI is InChI=1S/C14H20N2S2/c1-10-12(18-11(2)16-10)8-15-9-14(3,4)13-6-5-7-17-13/h5-7,15H,8-9H2,1-4H3. The fourth-order valence-corrected chi connectivity index (χ4v) is 3.74. The molecule has 2 aromatic rings. The maximum absolute atomic E-state index is 4.46. The van der Waals surface area contributed by atoms with Gasteiger partial charge in [-0.05, 0) is 25.3 Å². The van der Waals surface area contributed by atoms with Crippen LogP contribution in [0.5, 0.6) is 0 Å². The van der Waals surface area contributed by atoms with E-state index in [9.17, 15) is 0 Å². The van der Waals surface area contributed by atoms with E-state index < -0.39 is 0 Å². The summed E-state index contributed by atoms with van der Waals surface area (Å²) in [4.78, 5) is 7.25. The molecule has 0 amide bonds. The summed E-state index contributed by atoms with van der Waals surface area (Å²) in [5.74, 6) is 0. The van der Waals surface area contributed by atoms with E-state index in [0.717, 1.165) is 18.1 Å². The van der Waals surface area contributed by atoms with Crippen molar-refractivity contribution in [1.29, 1.82) is 0 Å². The lowest BCUT2D eigenvalue weighted by Gasteiger charge is -2.23. The first-order valence-electron chi connectivity index (χ1n) is 6.16. The Kier molecular flexibility index (Phi) is 4.20. The van der Waals surface area contributed by atoms with E-state index >= 15 is 0 Å². The van der Waals surface area contributed by atoms with Crippen molar-refractivity contribution in [2.75, 3.05) is 6.54 Å². The minimum Gasteiger partial charge on any atom is -0.311 e. The van der Waals surface area contributed by atoms with Gasteiger partial charge in [-0.3, -0.25) is 0 Å². The van der Waals surface area contributed by atoms with Gasteiger partial charge >= 0.3 is 0 Å². The number of hydrogen-bond acceptors (Lipinski definition) is 4. The van der Waals surface area contributed by atoms with Gasteiger partial charge in [0.25, 0.3) is 0 Å². The molecule has 1 N–H and O–H groups in total. The summed E-state index contributed by atoms with van der Waals surface area (Å²) in [5.41, 5.74) is 1.36. The van der Waals surface area contributed by atoms with Crippen LogP contribution in [0.4, 0.5) is 0 Å². The quantitative estimate of drug-likeness (QED) is 0.899. The van der Waals surface area contributed by atoms with E-state index in [2.05, 4.69) is 55.5 Å². The molecule has 0 aliphatic rings. The molecule has 18 heavy (non-hydrogen) atoms. The van der Waals surface area contributed by atoms with Gasteiger partial charge in [0, 0.05) is 28.3 Å². The highest BCUT2D eigenvalue weighted by Gasteiger charge is 2.21. The van der Waals surface area contributed by atoms with Crippen LogP contribution < -0.4 is 5.32 Å². The van der Waals surface area contributed by atoms with Crippen molar-refractivity contribution < 1.29 is 0 Å². The highest BCUT2D eigenvalue weighted by molar-refractivity contribution is 7.11. The van der Waals surface area contributed by atoms with Crippen molar-refractivity contribution in [3.8, 4) is 0 Å². The summed E-state index contributed by atoms with van der Waals surface area (Å²) >= 11 is 3.63. The van der Waals surface area contributed by atoms with Gasteiger partial charge in [0.05, 0.1) is 10.7 Å². The fraction of sp³-hybridized carbons (Fsp3) is 0.500. The first-order chi connectivity index (χ1) is 8.49. The number of hydrogen-bond donors (Lipinski definition) is 1. The summed E-state index contributed by atoms with van der Waals surface area (Å²) in [6, 6.07) is 4.34. The van der Waals surface area contributed by atoms with Crippen LogP contribution in [0.25, 0.3) is 0 Å². The smallest absolute Gasteiger partial charge is 0.0900 e. The minimum atomic E-state index is 0.196. The SMILES string of the molecule is Cc1nc(C)c(CNCC(C)(C)c2cccs2)s1. The Morgan fingerprint density at radius 1 is 1.33 bits per heavy atom. The highest BCUT2D eigenvalue weighted by atomic mass is 32.1. The molecule has 0 aliphatic carbocycles. The second kappa shape index (κ2) is 5.51. The van der Waals surface area contributed by atoms with Crippen molar-refractivity contribution in [3.05, 3.63) is 38.0 Å². The van der Waals surface area contributed by atoms with Gasteiger partial charge in [-0.15, -0.1) is 22.7 Å². The van der Waals surface area contributed by atoms with E-state index in [-0.39, 0.29) is 5.41 Å². The normalized spacial score (nSPS) is 12.0. The van der Waals surface area contributed by atoms with Gasteiger partial charge < -0.3 is 5.32 Å². The number of aromatic nitrogens is 1. The highest BCUT2D eigenvalue weighted by Crippen LogP contribution is 2.27. The van der Waals surface area contributed by atoms with Crippen molar-refractivity contribution in [2.24, 2.45) is 0 Å². The first-order valence-corrected chi connectivity index (χ1v) is 7.86. The first kappa shape index (κ1) is 13.7. The number of thiazole rings is 1. The van der Waals surface area contributed by atoms with E-state index in [1.165, 1.54) is 15.4 Å². The molecule has 2 rings (SSSR count). The maximum atomic E-state index is 4.46. The molecule has 2 aromatic heterocycles. The van der Waals surface area contributed by atoms with Gasteiger partial charge in [0.1, 0.15) is 0 Å². The number of rotatable bonds is 5. The van der Waals surface area contributed by atoms with Crippen molar-refractivity contribution >= 4 is 22.7 Å². The molecule has 0 saturated carbocycles. The lowest BCUT2D eigenvalue weighted by atomic mass is 9.91. The van der Waals surface area contributed by atoms with E-state index in [4.69, 9.17) is 0 Å². The van der Waals surface area contributed by atoms with Gasteiger partial charge in [0.15, 0.2) is 0 Å². The molecule has 4 heteroatoms. The zero-order valence-corrected chi connectivity index (χ0v) is 13.0. The topological polar surface area (TPSA) is 24.9 Å². The molecule has 0 radical (unpaired) electrons. The van der Waals surface area contributed by atoms with Crippen LogP contribution in [-0.2, 0) is 12.0 Å². The molecule has 0 bridgehead atoms. The van der Waals surface area contributed by atoms with Crippen LogP contribution in [0.15, 0.2) is 17.5 Å². The van der Waals surface area contributed by atoms with Crippen LogP contribution >= 0.6 is 22.7 Å². The lowest BCUT2D eigenvalue weighted by Crippen LogP contribution is -2.31. The maximum Gasteiger partial charge on any atom is 0.0900 e. The molecule has 0 aromatic carbocycles. The minimum absolute atomic E-state index is 0.196. The summed E-state index contributed by atoms with van der Waals surface area (Å²) in [6.07, 6.45) is 0. The largest absolute Gasteiger partial charge is 0.311 e. The van der Waals surface area contributed by atoms with Gasteiger partial charge in [-0.1, -0.05) is 19.9 Å². The Bertz CT molecular complexity index is 498. The summed E-state index contributed by atoms with van der Waals surface area (Å²) in [6.45, 7) is 10.6. The second-order valence-corrected chi connectivity index (χ2v) is 7.44. The molecule has 0 saturated heterocycles. The monoisotopic (exact) mass is 280 g/mol. The average molecular weight is 280 g/mol. The van der Waals surface area contributed by atoms with Gasteiger partial charge in [-0.25, -0.2) is 4.98 Å². The Balaban J connectivity index is 1.91. The fourth-order valence-electron chi connectivity index (χ4n) is 1.98. The van der Waals surface area contributed by atoms with Crippen molar-refractivity contribution in [1.82, 2.24) is 10.3 Å². The number of nitrogens with one attached hydrogen (secondary N) is 1. The molecule has 2 heterocycles. The van der Waals surface area contributed by atoms with E-state index in [1.807, 2.05) is 11.3 Å². The third kappa shape index (κ3) is 3.19. The average Bonchev–Trinajstić information content (AvgIpc) is 2.89. The summed E-state index contributed by atoms with van der Waals surface area (Å²) < 4.78 is 0. The molecule has 0 aliphatic heterocycles. The Morgan fingerprint density at radius 3 is 2.67 bits per heavy atom. The summed E-state index contributed by atoms with van der Waals surface area (Å²) in [5, 5.41) is 6.86. The molecule has 98 valence electrons. The molecule has 0 unspecified atom stereocenters. The van der Waals surface area contributed by atoms with Gasteiger partial charge in [0.2, 0.25) is 0 Å². The predicted octanol–water partition coefficient (Wildman–Crippen LogP) is 3.89. The van der Waals surface area contributed by atoms with Crippen LogP contribution in [0.3, 0.4) is 0 Å². The zero-order valence-electron chi connectivity index (χ0n) is 11.4. The Labute approximate surface area is 117 Å². The van der Waals surface area contributed by atoms with Crippen LogP contribution in [-0.4, -0.2) is 11.5 Å². The predicted molar refractivity (Wildman–Crippen MR) is 80.6 cm³/mol. The Morgan fingerprint density at radius 2 is 2.11 bits per heavy atom.